The number of nitrogens with one attached hydrogen (secondary N) is 3. The second-order valence-electron chi connectivity index (χ2n) is 9.36. The molecule has 1 saturated heterocycles. The molecule has 192 valence electrons. The Hall–Kier alpha value is -4.35. The maximum Gasteiger partial charge on any atom is 0.292 e. The van der Waals surface area contributed by atoms with Gasteiger partial charge in [0.25, 0.3) is 11.7 Å². The van der Waals surface area contributed by atoms with Crippen molar-refractivity contribution in [2.45, 2.75) is 45.7 Å². The minimum Gasteiger partial charge on any atom is -0.352 e. The highest BCUT2D eigenvalue weighted by atomic mass is 19.1. The van der Waals surface area contributed by atoms with Gasteiger partial charge in [-0.3, -0.25) is 14.7 Å². The third-order valence-corrected chi connectivity index (χ3v) is 6.28. The predicted octanol–water partition coefficient (Wildman–Crippen LogP) is 2.92. The molecule has 5 rings (SSSR count). The van der Waals surface area contributed by atoms with Crippen LogP contribution in [0.3, 0.4) is 0 Å². The molecule has 3 N–H and O–H groups in total. The summed E-state index contributed by atoms with van der Waals surface area (Å²) >= 11 is 0. The number of carbonyl (C=O) groups is 2. The summed E-state index contributed by atoms with van der Waals surface area (Å²) in [6, 6.07) is 6.73. The van der Waals surface area contributed by atoms with Crippen LogP contribution in [0.15, 0.2) is 35.0 Å². The van der Waals surface area contributed by atoms with Gasteiger partial charge in [0.05, 0.1) is 5.39 Å². The number of rotatable bonds is 7. The first kappa shape index (κ1) is 24.3. The lowest BCUT2D eigenvalue weighted by molar-refractivity contribution is -0.119. The second-order valence-corrected chi connectivity index (χ2v) is 9.36. The summed E-state index contributed by atoms with van der Waals surface area (Å²) in [5, 5.41) is 17.5. The van der Waals surface area contributed by atoms with Crippen LogP contribution < -0.4 is 15.5 Å². The SMILES string of the molecule is CC(=O)N[C@@H]1CCN(c2n[nH]c3nccc(-c4ccc(CNC(=O)c5noc(C(C)C)n5)c(F)c4)c23)C1. The summed E-state index contributed by atoms with van der Waals surface area (Å²) in [5.74, 6) is -0.0815. The Morgan fingerprint density at radius 1 is 1.30 bits per heavy atom. The summed E-state index contributed by atoms with van der Waals surface area (Å²) < 4.78 is 20.2. The standard InChI is InChI=1S/C25H27FN8O3/c1-13(2)25-30-22(33-37-25)24(36)28-11-16-5-4-15(10-19(16)26)18-6-8-27-21-20(18)23(32-31-21)34-9-7-17(12-34)29-14(3)35/h4-6,8,10,13,17H,7,9,11-12H2,1-3H3,(H,28,36)(H,29,35)(H,27,31,32)/t17-/m1/s1. The van der Waals surface area contributed by atoms with Crippen LogP contribution >= 0.6 is 0 Å². The maximum absolute atomic E-state index is 15.1. The number of anilines is 1. The zero-order valence-corrected chi connectivity index (χ0v) is 20.7. The molecule has 0 unspecified atom stereocenters. The maximum atomic E-state index is 15.1. The number of halogens is 1. The van der Waals surface area contributed by atoms with Crippen LogP contribution in [0.2, 0.25) is 0 Å². The monoisotopic (exact) mass is 506 g/mol. The van der Waals surface area contributed by atoms with Crippen molar-refractivity contribution in [2.75, 3.05) is 18.0 Å². The zero-order chi connectivity index (χ0) is 26.1. The Bertz CT molecular complexity index is 1460. The molecule has 1 aliphatic rings. The van der Waals surface area contributed by atoms with Crippen molar-refractivity contribution in [3.63, 3.8) is 0 Å². The topological polar surface area (TPSA) is 142 Å². The Kier molecular flexibility index (Phi) is 6.55. The van der Waals surface area contributed by atoms with Gasteiger partial charge < -0.3 is 20.1 Å². The van der Waals surface area contributed by atoms with Crippen LogP contribution in [-0.2, 0) is 11.3 Å². The first-order valence-electron chi connectivity index (χ1n) is 12.1. The lowest BCUT2D eigenvalue weighted by Crippen LogP contribution is -2.35. The molecule has 37 heavy (non-hydrogen) atoms. The Balaban J connectivity index is 1.35. The Morgan fingerprint density at radius 3 is 2.86 bits per heavy atom. The van der Waals surface area contributed by atoms with Gasteiger partial charge in [-0.1, -0.05) is 31.1 Å². The van der Waals surface area contributed by atoms with E-state index in [0.29, 0.717) is 35.0 Å². The second kappa shape index (κ2) is 9.96. The number of amides is 2. The van der Waals surface area contributed by atoms with E-state index in [-0.39, 0.29) is 30.2 Å². The number of pyridine rings is 1. The summed E-state index contributed by atoms with van der Waals surface area (Å²) in [7, 11) is 0. The number of hydrogen-bond acceptors (Lipinski definition) is 8. The predicted molar refractivity (Wildman–Crippen MR) is 133 cm³/mol. The van der Waals surface area contributed by atoms with Gasteiger partial charge in [-0.25, -0.2) is 9.37 Å². The molecule has 0 spiro atoms. The summed E-state index contributed by atoms with van der Waals surface area (Å²) in [6.07, 6.45) is 2.45. The normalized spacial score (nSPS) is 15.5. The van der Waals surface area contributed by atoms with Crippen LogP contribution in [0.25, 0.3) is 22.2 Å². The van der Waals surface area contributed by atoms with Crippen molar-refractivity contribution in [2.24, 2.45) is 0 Å². The molecule has 4 heterocycles. The van der Waals surface area contributed by atoms with Crippen LogP contribution in [0.4, 0.5) is 10.2 Å². The zero-order valence-electron chi connectivity index (χ0n) is 20.7. The molecule has 0 radical (unpaired) electrons. The quantitative estimate of drug-likeness (QED) is 0.347. The molecule has 1 fully saturated rings. The number of fused-ring (bicyclic) bond motifs is 1. The number of H-pyrrole nitrogens is 1. The molecular formula is C25H27FN8O3. The molecule has 4 aromatic rings. The highest BCUT2D eigenvalue weighted by Gasteiger charge is 2.27. The summed E-state index contributed by atoms with van der Waals surface area (Å²) in [4.78, 5) is 34.3. The van der Waals surface area contributed by atoms with Gasteiger partial charge in [-0.05, 0) is 29.7 Å². The third-order valence-electron chi connectivity index (χ3n) is 6.28. The van der Waals surface area contributed by atoms with E-state index >= 15 is 4.39 Å². The average molecular weight is 507 g/mol. The van der Waals surface area contributed by atoms with E-state index in [4.69, 9.17) is 4.52 Å². The fourth-order valence-corrected chi connectivity index (χ4v) is 4.44. The van der Waals surface area contributed by atoms with E-state index < -0.39 is 11.7 Å². The van der Waals surface area contributed by atoms with Gasteiger partial charge in [0.1, 0.15) is 5.82 Å². The van der Waals surface area contributed by atoms with E-state index in [1.807, 2.05) is 19.9 Å². The van der Waals surface area contributed by atoms with E-state index in [0.717, 1.165) is 23.9 Å². The molecule has 1 aromatic carbocycles. The number of carbonyl (C=O) groups excluding carboxylic acids is 2. The van der Waals surface area contributed by atoms with E-state index in [2.05, 4.69) is 40.9 Å². The Morgan fingerprint density at radius 2 is 2.14 bits per heavy atom. The van der Waals surface area contributed by atoms with Gasteiger partial charge in [-0.15, -0.1) is 0 Å². The van der Waals surface area contributed by atoms with Crippen molar-refractivity contribution in [3.05, 3.63) is 53.6 Å². The molecule has 1 atom stereocenters. The number of aromatic amines is 1. The average Bonchev–Trinajstić information content (AvgIpc) is 3.62. The molecule has 1 aliphatic heterocycles. The van der Waals surface area contributed by atoms with E-state index in [1.165, 1.54) is 13.0 Å². The fourth-order valence-electron chi connectivity index (χ4n) is 4.44. The largest absolute Gasteiger partial charge is 0.352 e. The van der Waals surface area contributed by atoms with Crippen molar-refractivity contribution in [3.8, 4) is 11.1 Å². The molecule has 12 heteroatoms. The molecule has 2 amide bonds. The first-order valence-corrected chi connectivity index (χ1v) is 12.1. The first-order chi connectivity index (χ1) is 17.8. The van der Waals surface area contributed by atoms with Gasteiger partial charge in [0.2, 0.25) is 11.8 Å². The molecule has 0 bridgehead atoms. The third kappa shape index (κ3) is 4.99. The van der Waals surface area contributed by atoms with Gasteiger partial charge in [-0.2, -0.15) is 10.1 Å². The van der Waals surface area contributed by atoms with E-state index in [1.54, 1.807) is 18.3 Å². The van der Waals surface area contributed by atoms with Crippen molar-refractivity contribution in [1.82, 2.24) is 36.0 Å². The summed E-state index contributed by atoms with van der Waals surface area (Å²) in [5.41, 5.74) is 2.34. The van der Waals surface area contributed by atoms with Crippen LogP contribution in [-0.4, -0.2) is 56.3 Å². The molecule has 3 aromatic heterocycles. The minimum atomic E-state index is -0.541. The van der Waals surface area contributed by atoms with Crippen molar-refractivity contribution in [1.29, 1.82) is 0 Å². The van der Waals surface area contributed by atoms with Crippen LogP contribution in [0.5, 0.6) is 0 Å². The minimum absolute atomic E-state index is 0.00135. The van der Waals surface area contributed by atoms with Crippen molar-refractivity contribution < 1.29 is 18.5 Å². The van der Waals surface area contributed by atoms with Crippen LogP contribution in [0, 0.1) is 5.82 Å². The smallest absolute Gasteiger partial charge is 0.292 e. The number of aromatic nitrogens is 5. The van der Waals surface area contributed by atoms with Gasteiger partial charge >= 0.3 is 0 Å². The number of benzene rings is 1. The van der Waals surface area contributed by atoms with E-state index in [9.17, 15) is 9.59 Å². The fraction of sp³-hybridized carbons (Fsp3) is 0.360. The van der Waals surface area contributed by atoms with Crippen LogP contribution in [0.1, 0.15) is 55.2 Å². The van der Waals surface area contributed by atoms with Gasteiger partial charge in [0.15, 0.2) is 11.5 Å². The number of nitrogens with zero attached hydrogens (tertiary/aromatic N) is 5. The molecule has 0 aliphatic carbocycles. The molecular weight excluding hydrogens is 479 g/mol. The van der Waals surface area contributed by atoms with Crippen molar-refractivity contribution >= 4 is 28.7 Å². The molecule has 0 saturated carbocycles. The summed E-state index contributed by atoms with van der Waals surface area (Å²) in [6.45, 7) is 6.58. The number of hydrogen-bond donors (Lipinski definition) is 3. The lowest BCUT2D eigenvalue weighted by Gasteiger charge is -2.17. The highest BCUT2D eigenvalue weighted by molar-refractivity contribution is 6.00. The highest BCUT2D eigenvalue weighted by Crippen LogP contribution is 2.35. The lowest BCUT2D eigenvalue weighted by atomic mass is 10.0. The molecule has 11 nitrogen and oxygen atoms in total. The Labute approximate surface area is 211 Å². The van der Waals surface area contributed by atoms with Gasteiger partial charge in [0, 0.05) is 50.3 Å².